The van der Waals surface area contributed by atoms with Crippen LogP contribution < -0.4 is 15.2 Å². The van der Waals surface area contributed by atoms with Crippen LogP contribution in [0.2, 0.25) is 0 Å². The van der Waals surface area contributed by atoms with Gasteiger partial charge in [-0.2, -0.15) is 0 Å². The fourth-order valence-electron chi connectivity index (χ4n) is 2.20. The standard InChI is InChI=1S/C15H16N4O2/c1-9-4-5-19-14(17-18-15(19)13(9)16)10-6-11(20-2)8-12(7-10)21-3/h4-8H,16H2,1-3H3. The van der Waals surface area contributed by atoms with E-state index in [1.807, 2.05) is 41.8 Å². The highest BCUT2D eigenvalue weighted by Crippen LogP contribution is 2.30. The fraction of sp³-hybridized carbons (Fsp3) is 0.200. The van der Waals surface area contributed by atoms with Crippen LogP contribution >= 0.6 is 0 Å². The molecule has 0 bridgehead atoms. The summed E-state index contributed by atoms with van der Waals surface area (Å²) in [5.74, 6) is 2.08. The van der Waals surface area contributed by atoms with Crippen LogP contribution in [0, 0.1) is 6.92 Å². The summed E-state index contributed by atoms with van der Waals surface area (Å²) < 4.78 is 12.4. The van der Waals surface area contributed by atoms with Crippen molar-refractivity contribution in [3.63, 3.8) is 0 Å². The number of benzene rings is 1. The zero-order chi connectivity index (χ0) is 15.0. The van der Waals surface area contributed by atoms with Gasteiger partial charge in [0.25, 0.3) is 0 Å². The second-order valence-corrected chi connectivity index (χ2v) is 4.73. The van der Waals surface area contributed by atoms with E-state index in [-0.39, 0.29) is 0 Å². The zero-order valence-electron chi connectivity index (χ0n) is 12.1. The third-order valence-electron chi connectivity index (χ3n) is 3.44. The summed E-state index contributed by atoms with van der Waals surface area (Å²) in [6, 6.07) is 7.52. The van der Waals surface area contributed by atoms with E-state index in [0.29, 0.717) is 28.7 Å². The molecule has 2 heterocycles. The molecule has 0 aliphatic carbocycles. The number of hydrogen-bond donors (Lipinski definition) is 1. The molecule has 0 atom stereocenters. The van der Waals surface area contributed by atoms with Gasteiger partial charge in [-0.25, -0.2) is 0 Å². The molecule has 2 aromatic heterocycles. The van der Waals surface area contributed by atoms with Crippen LogP contribution in [-0.4, -0.2) is 28.8 Å². The Labute approximate surface area is 122 Å². The number of rotatable bonds is 3. The number of aryl methyl sites for hydroxylation is 1. The van der Waals surface area contributed by atoms with Gasteiger partial charge in [0.05, 0.1) is 19.9 Å². The zero-order valence-corrected chi connectivity index (χ0v) is 12.1. The minimum absolute atomic E-state index is 0.631. The van der Waals surface area contributed by atoms with Crippen molar-refractivity contribution in [1.82, 2.24) is 14.6 Å². The van der Waals surface area contributed by atoms with E-state index in [9.17, 15) is 0 Å². The summed E-state index contributed by atoms with van der Waals surface area (Å²) in [5.41, 5.74) is 9.15. The minimum Gasteiger partial charge on any atom is -0.497 e. The number of nitrogens with two attached hydrogens (primary N) is 1. The van der Waals surface area contributed by atoms with Crippen LogP contribution in [-0.2, 0) is 0 Å². The van der Waals surface area contributed by atoms with E-state index < -0.39 is 0 Å². The van der Waals surface area contributed by atoms with E-state index in [1.165, 1.54) is 0 Å². The lowest BCUT2D eigenvalue weighted by Crippen LogP contribution is -1.97. The van der Waals surface area contributed by atoms with Crippen LogP contribution in [0.5, 0.6) is 11.5 Å². The van der Waals surface area contributed by atoms with Crippen molar-refractivity contribution in [2.45, 2.75) is 6.92 Å². The quantitative estimate of drug-likeness (QED) is 0.798. The lowest BCUT2D eigenvalue weighted by atomic mass is 10.2. The highest BCUT2D eigenvalue weighted by Gasteiger charge is 2.13. The molecule has 0 saturated heterocycles. The number of pyridine rings is 1. The molecule has 0 radical (unpaired) electrons. The summed E-state index contributed by atoms with van der Waals surface area (Å²) >= 11 is 0. The summed E-state index contributed by atoms with van der Waals surface area (Å²) in [5, 5.41) is 8.41. The lowest BCUT2D eigenvalue weighted by molar-refractivity contribution is 0.394. The Hall–Kier alpha value is -2.76. The minimum atomic E-state index is 0.631. The molecule has 6 nitrogen and oxygen atoms in total. The average molecular weight is 284 g/mol. The second kappa shape index (κ2) is 4.97. The van der Waals surface area contributed by atoms with Gasteiger partial charge < -0.3 is 15.2 Å². The van der Waals surface area contributed by atoms with E-state index in [0.717, 1.165) is 11.1 Å². The van der Waals surface area contributed by atoms with Crippen LogP contribution in [0.15, 0.2) is 30.5 Å². The average Bonchev–Trinajstić information content (AvgIpc) is 2.95. The molecule has 0 aliphatic heterocycles. The van der Waals surface area contributed by atoms with Gasteiger partial charge >= 0.3 is 0 Å². The van der Waals surface area contributed by atoms with Crippen molar-refractivity contribution in [1.29, 1.82) is 0 Å². The van der Waals surface area contributed by atoms with E-state index in [2.05, 4.69) is 10.2 Å². The van der Waals surface area contributed by atoms with Crippen molar-refractivity contribution in [3.05, 3.63) is 36.0 Å². The maximum absolute atomic E-state index is 6.05. The molecule has 0 saturated carbocycles. The van der Waals surface area contributed by atoms with E-state index >= 15 is 0 Å². The molecule has 21 heavy (non-hydrogen) atoms. The predicted molar refractivity (Wildman–Crippen MR) is 80.7 cm³/mol. The summed E-state index contributed by atoms with van der Waals surface area (Å²) in [6.45, 7) is 1.94. The Kier molecular flexibility index (Phi) is 3.13. The van der Waals surface area contributed by atoms with Crippen molar-refractivity contribution in [3.8, 4) is 22.9 Å². The Morgan fingerprint density at radius 3 is 2.33 bits per heavy atom. The number of aromatic nitrogens is 3. The van der Waals surface area contributed by atoms with Gasteiger partial charge in [0.1, 0.15) is 11.5 Å². The molecule has 3 rings (SSSR count). The van der Waals surface area contributed by atoms with Crippen LogP contribution in [0.25, 0.3) is 17.0 Å². The van der Waals surface area contributed by atoms with Crippen molar-refractivity contribution < 1.29 is 9.47 Å². The number of ether oxygens (including phenoxy) is 2. The van der Waals surface area contributed by atoms with Crippen molar-refractivity contribution in [2.24, 2.45) is 0 Å². The molecule has 1 aromatic carbocycles. The van der Waals surface area contributed by atoms with Gasteiger partial charge in [-0.05, 0) is 30.7 Å². The monoisotopic (exact) mass is 284 g/mol. The van der Waals surface area contributed by atoms with Crippen LogP contribution in [0.3, 0.4) is 0 Å². The maximum atomic E-state index is 6.05. The molecule has 2 N–H and O–H groups in total. The third kappa shape index (κ3) is 2.14. The Balaban J connectivity index is 2.23. The summed E-state index contributed by atoms with van der Waals surface area (Å²) in [4.78, 5) is 0. The topological polar surface area (TPSA) is 74.7 Å². The highest BCUT2D eigenvalue weighted by atomic mass is 16.5. The molecule has 6 heteroatoms. The van der Waals surface area contributed by atoms with Gasteiger partial charge in [-0.1, -0.05) is 0 Å². The Morgan fingerprint density at radius 2 is 1.71 bits per heavy atom. The van der Waals surface area contributed by atoms with Gasteiger partial charge in [-0.15, -0.1) is 10.2 Å². The number of nitrogens with zero attached hydrogens (tertiary/aromatic N) is 3. The third-order valence-corrected chi connectivity index (χ3v) is 3.44. The van der Waals surface area contributed by atoms with Crippen LogP contribution in [0.1, 0.15) is 5.56 Å². The first-order valence-corrected chi connectivity index (χ1v) is 6.47. The van der Waals surface area contributed by atoms with E-state index in [1.54, 1.807) is 14.2 Å². The number of methoxy groups -OCH3 is 2. The highest BCUT2D eigenvalue weighted by molar-refractivity contribution is 5.72. The van der Waals surface area contributed by atoms with Gasteiger partial charge in [0.15, 0.2) is 11.5 Å². The summed E-state index contributed by atoms with van der Waals surface area (Å²) in [6.07, 6.45) is 1.91. The molecule has 0 spiro atoms. The first-order valence-electron chi connectivity index (χ1n) is 6.47. The number of nitrogen functional groups attached to an aromatic ring is 1. The van der Waals surface area contributed by atoms with E-state index in [4.69, 9.17) is 15.2 Å². The molecule has 3 aromatic rings. The molecule has 0 unspecified atom stereocenters. The SMILES string of the molecule is COc1cc(OC)cc(-c2nnc3c(N)c(C)ccn23)c1. The molecule has 0 amide bonds. The second-order valence-electron chi connectivity index (χ2n) is 4.73. The normalized spacial score (nSPS) is 10.8. The van der Waals surface area contributed by atoms with Gasteiger partial charge in [0.2, 0.25) is 0 Å². The molecule has 0 aliphatic rings. The Morgan fingerprint density at radius 1 is 1.05 bits per heavy atom. The van der Waals surface area contributed by atoms with Crippen molar-refractivity contribution >= 4 is 11.3 Å². The first kappa shape index (κ1) is 13.2. The van der Waals surface area contributed by atoms with Crippen molar-refractivity contribution in [2.75, 3.05) is 20.0 Å². The maximum Gasteiger partial charge on any atom is 0.184 e. The summed E-state index contributed by atoms with van der Waals surface area (Å²) in [7, 11) is 3.23. The number of anilines is 1. The van der Waals surface area contributed by atoms with Crippen LogP contribution in [0.4, 0.5) is 5.69 Å². The smallest absolute Gasteiger partial charge is 0.184 e. The number of hydrogen-bond acceptors (Lipinski definition) is 5. The Bertz CT molecular complexity index is 789. The number of fused-ring (bicyclic) bond motifs is 1. The van der Waals surface area contributed by atoms with Gasteiger partial charge in [0, 0.05) is 17.8 Å². The molecular weight excluding hydrogens is 268 g/mol. The molecular formula is C15H16N4O2. The predicted octanol–water partition coefficient (Wildman–Crippen LogP) is 2.30. The molecule has 0 fully saturated rings. The lowest BCUT2D eigenvalue weighted by Gasteiger charge is -2.08. The largest absolute Gasteiger partial charge is 0.497 e. The molecule has 108 valence electrons. The fourth-order valence-corrected chi connectivity index (χ4v) is 2.20. The first-order chi connectivity index (χ1) is 10.1. The van der Waals surface area contributed by atoms with Gasteiger partial charge in [-0.3, -0.25) is 4.40 Å².